The van der Waals surface area contributed by atoms with Crippen LogP contribution < -0.4 is 10.5 Å². The van der Waals surface area contributed by atoms with Crippen molar-refractivity contribution >= 4 is 27.3 Å². The van der Waals surface area contributed by atoms with E-state index < -0.39 is 6.36 Å². The summed E-state index contributed by atoms with van der Waals surface area (Å²) in [5.74, 6) is -0.253. The number of nitrogens with two attached hydrogens (primary N) is 1. The molecule has 0 saturated carbocycles. The first kappa shape index (κ1) is 15.3. The fourth-order valence-electron chi connectivity index (χ4n) is 1.82. The summed E-state index contributed by atoms with van der Waals surface area (Å²) in [5.41, 5.74) is 7.81. The number of aryl methyl sites for hydroxylation is 1. The largest absolute Gasteiger partial charge is 0.573 e. The minimum Gasteiger partial charge on any atom is -0.406 e. The van der Waals surface area contributed by atoms with Gasteiger partial charge in [-0.3, -0.25) is 0 Å². The van der Waals surface area contributed by atoms with Gasteiger partial charge in [-0.25, -0.2) is 0 Å². The van der Waals surface area contributed by atoms with E-state index in [1.165, 1.54) is 24.3 Å². The molecule has 0 aliphatic rings. The van der Waals surface area contributed by atoms with Gasteiger partial charge in [0.05, 0.1) is 9.83 Å². The van der Waals surface area contributed by atoms with Crippen molar-refractivity contribution in [2.75, 3.05) is 0 Å². The molecule has 0 aliphatic heterocycles. The van der Waals surface area contributed by atoms with Crippen molar-refractivity contribution in [3.8, 4) is 5.75 Å². The van der Waals surface area contributed by atoms with Gasteiger partial charge in [-0.1, -0.05) is 12.1 Å². The summed E-state index contributed by atoms with van der Waals surface area (Å²) in [5, 5.41) is 0. The maximum atomic E-state index is 12.1. The lowest BCUT2D eigenvalue weighted by atomic mass is 10.0. The van der Waals surface area contributed by atoms with E-state index in [0.29, 0.717) is 0 Å². The summed E-state index contributed by atoms with van der Waals surface area (Å²) in [6.07, 6.45) is -4.68. The molecule has 0 saturated heterocycles. The maximum absolute atomic E-state index is 12.1. The van der Waals surface area contributed by atoms with Gasteiger partial charge in [0.1, 0.15) is 5.75 Å². The first-order chi connectivity index (χ1) is 9.26. The first-order valence-electron chi connectivity index (χ1n) is 5.63. The molecule has 1 aromatic carbocycles. The Morgan fingerprint density at radius 1 is 1.25 bits per heavy atom. The minimum absolute atomic E-state index is 0.253. The van der Waals surface area contributed by atoms with Crippen molar-refractivity contribution in [3.63, 3.8) is 0 Å². The SMILES string of the molecule is Cc1sc(Br)cc1C(N)c1ccc(OC(F)(F)F)cc1. The van der Waals surface area contributed by atoms with Crippen LogP contribution in [0.1, 0.15) is 22.0 Å². The normalized spacial score (nSPS) is 13.3. The second kappa shape index (κ2) is 5.75. The van der Waals surface area contributed by atoms with E-state index in [0.717, 1.165) is 19.8 Å². The van der Waals surface area contributed by atoms with E-state index in [2.05, 4.69) is 20.7 Å². The molecule has 0 fully saturated rings. The van der Waals surface area contributed by atoms with Gasteiger partial charge in [0.2, 0.25) is 0 Å². The summed E-state index contributed by atoms with van der Waals surface area (Å²) in [7, 11) is 0. The molecule has 0 amide bonds. The summed E-state index contributed by atoms with van der Waals surface area (Å²) in [4.78, 5) is 1.07. The van der Waals surface area contributed by atoms with E-state index in [9.17, 15) is 13.2 Å². The highest BCUT2D eigenvalue weighted by Gasteiger charge is 2.31. The predicted molar refractivity (Wildman–Crippen MR) is 75.9 cm³/mol. The van der Waals surface area contributed by atoms with Crippen LogP contribution in [0.5, 0.6) is 5.75 Å². The summed E-state index contributed by atoms with van der Waals surface area (Å²) >= 11 is 4.95. The van der Waals surface area contributed by atoms with Crippen LogP contribution >= 0.6 is 27.3 Å². The third-order valence-electron chi connectivity index (χ3n) is 2.73. The van der Waals surface area contributed by atoms with Crippen molar-refractivity contribution in [1.29, 1.82) is 0 Å². The topological polar surface area (TPSA) is 35.2 Å². The molecule has 7 heteroatoms. The Labute approximate surface area is 126 Å². The number of rotatable bonds is 3. The molecule has 20 heavy (non-hydrogen) atoms. The van der Waals surface area contributed by atoms with E-state index in [4.69, 9.17) is 5.73 Å². The van der Waals surface area contributed by atoms with Crippen molar-refractivity contribution in [2.45, 2.75) is 19.3 Å². The lowest BCUT2D eigenvalue weighted by molar-refractivity contribution is -0.274. The Morgan fingerprint density at radius 3 is 2.30 bits per heavy atom. The highest BCUT2D eigenvalue weighted by atomic mass is 79.9. The molecule has 1 unspecified atom stereocenters. The third-order valence-corrected chi connectivity index (χ3v) is 4.30. The number of thiophene rings is 1. The van der Waals surface area contributed by atoms with Crippen molar-refractivity contribution in [2.24, 2.45) is 5.73 Å². The summed E-state index contributed by atoms with van der Waals surface area (Å²) in [6.45, 7) is 1.95. The van der Waals surface area contributed by atoms with Crippen LogP contribution in [0.3, 0.4) is 0 Å². The van der Waals surface area contributed by atoms with Crippen molar-refractivity contribution < 1.29 is 17.9 Å². The number of alkyl halides is 3. The van der Waals surface area contributed by atoms with Crippen LogP contribution in [-0.2, 0) is 0 Å². The van der Waals surface area contributed by atoms with Crippen LogP contribution in [0.2, 0.25) is 0 Å². The Balaban J connectivity index is 2.19. The monoisotopic (exact) mass is 365 g/mol. The molecule has 1 aromatic heterocycles. The van der Waals surface area contributed by atoms with Gasteiger partial charge >= 0.3 is 6.36 Å². The standard InChI is InChI=1S/C13H11BrF3NOS/c1-7-10(6-11(14)20-7)12(18)8-2-4-9(5-3-8)19-13(15,16)17/h2-6,12H,18H2,1H3. The first-order valence-corrected chi connectivity index (χ1v) is 7.24. The lowest BCUT2D eigenvalue weighted by Crippen LogP contribution is -2.17. The van der Waals surface area contributed by atoms with Crippen LogP contribution in [-0.4, -0.2) is 6.36 Å². The van der Waals surface area contributed by atoms with Gasteiger partial charge in [0.15, 0.2) is 0 Å². The molecule has 1 heterocycles. The van der Waals surface area contributed by atoms with Crippen molar-refractivity contribution in [1.82, 2.24) is 0 Å². The van der Waals surface area contributed by atoms with Gasteiger partial charge in [-0.2, -0.15) is 0 Å². The second-order valence-electron chi connectivity index (χ2n) is 4.16. The molecule has 0 spiro atoms. The number of halogens is 4. The predicted octanol–water partition coefficient (Wildman–Crippen LogP) is 4.77. The zero-order valence-corrected chi connectivity index (χ0v) is 12.8. The molecule has 2 nitrogen and oxygen atoms in total. The minimum atomic E-state index is -4.68. The van der Waals surface area contributed by atoms with Gasteiger partial charge in [-0.15, -0.1) is 24.5 Å². The zero-order chi connectivity index (χ0) is 14.9. The van der Waals surface area contributed by atoms with Crippen molar-refractivity contribution in [3.05, 3.63) is 50.1 Å². The van der Waals surface area contributed by atoms with E-state index in [1.54, 1.807) is 11.3 Å². The van der Waals surface area contributed by atoms with Crippen LogP contribution in [0.25, 0.3) is 0 Å². The molecule has 0 bridgehead atoms. The molecule has 108 valence electrons. The van der Waals surface area contributed by atoms with E-state index in [1.807, 2.05) is 13.0 Å². The smallest absolute Gasteiger partial charge is 0.406 e. The molecule has 0 radical (unpaired) electrons. The second-order valence-corrected chi connectivity index (χ2v) is 6.79. The van der Waals surface area contributed by atoms with Crippen LogP contribution in [0, 0.1) is 6.92 Å². The number of benzene rings is 1. The third kappa shape index (κ3) is 3.74. The van der Waals surface area contributed by atoms with Crippen LogP contribution in [0.4, 0.5) is 13.2 Å². The molecule has 2 rings (SSSR count). The average molecular weight is 366 g/mol. The summed E-state index contributed by atoms with van der Waals surface area (Å²) < 4.78 is 41.0. The Hall–Kier alpha value is -1.05. The highest BCUT2D eigenvalue weighted by Crippen LogP contribution is 2.33. The Bertz CT molecular complexity index is 595. The number of ether oxygens (including phenoxy) is 1. The fourth-order valence-corrected chi connectivity index (χ4v) is 3.58. The van der Waals surface area contributed by atoms with E-state index >= 15 is 0 Å². The van der Waals surface area contributed by atoms with Gasteiger partial charge in [0, 0.05) is 4.88 Å². The molecular formula is C13H11BrF3NOS. The maximum Gasteiger partial charge on any atom is 0.573 e. The molecular weight excluding hydrogens is 355 g/mol. The molecule has 2 aromatic rings. The summed E-state index contributed by atoms with van der Waals surface area (Å²) in [6, 6.07) is 7.15. The number of hydrogen-bond donors (Lipinski definition) is 1. The fraction of sp³-hybridized carbons (Fsp3) is 0.231. The average Bonchev–Trinajstić information content (AvgIpc) is 2.66. The quantitative estimate of drug-likeness (QED) is 0.850. The van der Waals surface area contributed by atoms with Crippen LogP contribution in [0.15, 0.2) is 34.1 Å². The Morgan fingerprint density at radius 2 is 1.85 bits per heavy atom. The lowest BCUT2D eigenvalue weighted by Gasteiger charge is -2.13. The zero-order valence-electron chi connectivity index (χ0n) is 10.4. The Kier molecular flexibility index (Phi) is 4.41. The van der Waals surface area contributed by atoms with E-state index in [-0.39, 0.29) is 11.8 Å². The molecule has 1 atom stereocenters. The van der Waals surface area contributed by atoms with Gasteiger partial charge in [0.25, 0.3) is 0 Å². The number of hydrogen-bond acceptors (Lipinski definition) is 3. The molecule has 2 N–H and O–H groups in total. The molecule has 0 aliphatic carbocycles. The van der Waals surface area contributed by atoms with Gasteiger partial charge < -0.3 is 10.5 Å². The van der Waals surface area contributed by atoms with Gasteiger partial charge in [-0.05, 0) is 52.2 Å². The highest BCUT2D eigenvalue weighted by molar-refractivity contribution is 9.11.